The van der Waals surface area contributed by atoms with Crippen LogP contribution < -0.4 is 5.32 Å². The van der Waals surface area contributed by atoms with Crippen molar-refractivity contribution in [1.29, 1.82) is 0 Å². The van der Waals surface area contributed by atoms with Gasteiger partial charge in [-0.25, -0.2) is 4.98 Å². The lowest BCUT2D eigenvalue weighted by molar-refractivity contribution is 0.551. The number of nitrogens with one attached hydrogen (secondary N) is 1. The minimum atomic E-state index is 0.647. The van der Waals surface area contributed by atoms with Gasteiger partial charge in [0.1, 0.15) is 0 Å². The first-order chi connectivity index (χ1) is 8.66. The fourth-order valence-electron chi connectivity index (χ4n) is 1.82. The van der Waals surface area contributed by atoms with Gasteiger partial charge in [0.2, 0.25) is 0 Å². The summed E-state index contributed by atoms with van der Waals surface area (Å²) in [6.45, 7) is 6.24. The lowest BCUT2D eigenvalue weighted by atomic mass is 10.1. The molecule has 2 rings (SSSR count). The van der Waals surface area contributed by atoms with Gasteiger partial charge in [-0.3, -0.25) is 0 Å². The molecule has 0 bridgehead atoms. The molecule has 0 saturated heterocycles. The number of nitrogens with zero attached hydrogens (tertiary/aromatic N) is 2. The Balaban J connectivity index is 2.19. The third kappa shape index (κ3) is 3.34. The molecular formula is C14H18ClN3. The van der Waals surface area contributed by atoms with Crippen LogP contribution in [0.15, 0.2) is 36.9 Å². The number of hydrogen-bond donors (Lipinski definition) is 1. The minimum Gasteiger partial charge on any atom is -0.312 e. The molecule has 0 fully saturated rings. The lowest BCUT2D eigenvalue weighted by Crippen LogP contribution is -2.19. The van der Waals surface area contributed by atoms with Crippen molar-refractivity contribution in [3.05, 3.63) is 47.5 Å². The van der Waals surface area contributed by atoms with Crippen LogP contribution in [0.3, 0.4) is 0 Å². The number of halogens is 1. The molecule has 0 aliphatic heterocycles. The van der Waals surface area contributed by atoms with Crippen LogP contribution in [0.1, 0.15) is 19.4 Å². The largest absolute Gasteiger partial charge is 0.312 e. The molecule has 2 aromatic rings. The van der Waals surface area contributed by atoms with Crippen molar-refractivity contribution in [2.45, 2.75) is 20.4 Å². The van der Waals surface area contributed by atoms with Crippen LogP contribution in [0, 0.1) is 5.92 Å². The van der Waals surface area contributed by atoms with E-state index in [0.29, 0.717) is 5.92 Å². The van der Waals surface area contributed by atoms with E-state index in [0.717, 1.165) is 23.8 Å². The molecule has 3 nitrogen and oxygen atoms in total. The minimum absolute atomic E-state index is 0.647. The third-order valence-electron chi connectivity index (χ3n) is 2.70. The molecule has 0 saturated carbocycles. The summed E-state index contributed by atoms with van der Waals surface area (Å²) in [7, 11) is 0. The molecule has 96 valence electrons. The van der Waals surface area contributed by atoms with E-state index in [1.165, 1.54) is 5.56 Å². The molecule has 0 radical (unpaired) electrons. The maximum Gasteiger partial charge on any atom is 0.0991 e. The predicted molar refractivity (Wildman–Crippen MR) is 75.1 cm³/mol. The Bertz CT molecular complexity index is 492. The van der Waals surface area contributed by atoms with E-state index in [9.17, 15) is 0 Å². The standard InChI is InChI=1S/C14H18ClN3/c1-11(2)8-17-9-12-3-4-13(15)7-14(12)18-6-5-16-10-18/h3-7,10-11,17H,8-9H2,1-2H3. The van der Waals surface area contributed by atoms with Gasteiger partial charge in [-0.05, 0) is 30.2 Å². The maximum atomic E-state index is 6.06. The van der Waals surface area contributed by atoms with Crippen LogP contribution in [0.25, 0.3) is 5.69 Å². The second kappa shape index (κ2) is 6.03. The normalized spacial score (nSPS) is 11.1. The van der Waals surface area contributed by atoms with E-state index in [1.807, 2.05) is 22.9 Å². The van der Waals surface area contributed by atoms with Crippen LogP contribution in [0.5, 0.6) is 0 Å². The predicted octanol–water partition coefficient (Wildman–Crippen LogP) is 3.27. The number of imidazole rings is 1. The Morgan fingerprint density at radius 2 is 2.22 bits per heavy atom. The van der Waals surface area contributed by atoms with Gasteiger partial charge < -0.3 is 9.88 Å². The van der Waals surface area contributed by atoms with Crippen molar-refractivity contribution in [3.63, 3.8) is 0 Å². The number of benzene rings is 1. The Hall–Kier alpha value is -1.32. The van der Waals surface area contributed by atoms with Crippen LogP contribution in [0.4, 0.5) is 0 Å². The smallest absolute Gasteiger partial charge is 0.0991 e. The second-order valence-corrected chi connectivity index (χ2v) is 5.20. The van der Waals surface area contributed by atoms with E-state index in [-0.39, 0.29) is 0 Å². The topological polar surface area (TPSA) is 29.9 Å². The Morgan fingerprint density at radius 1 is 1.39 bits per heavy atom. The zero-order valence-corrected chi connectivity index (χ0v) is 11.5. The highest BCUT2D eigenvalue weighted by atomic mass is 35.5. The quantitative estimate of drug-likeness (QED) is 0.897. The van der Waals surface area contributed by atoms with E-state index in [1.54, 1.807) is 12.5 Å². The highest BCUT2D eigenvalue weighted by molar-refractivity contribution is 6.30. The lowest BCUT2D eigenvalue weighted by Gasteiger charge is -2.13. The maximum absolute atomic E-state index is 6.06. The fourth-order valence-corrected chi connectivity index (χ4v) is 1.99. The second-order valence-electron chi connectivity index (χ2n) is 4.77. The molecule has 0 atom stereocenters. The van der Waals surface area contributed by atoms with E-state index >= 15 is 0 Å². The van der Waals surface area contributed by atoms with Gasteiger partial charge in [0, 0.05) is 24.0 Å². The molecule has 1 heterocycles. The van der Waals surface area contributed by atoms with Crippen LogP contribution in [-0.4, -0.2) is 16.1 Å². The molecule has 1 aromatic carbocycles. The number of rotatable bonds is 5. The summed E-state index contributed by atoms with van der Waals surface area (Å²) in [5, 5.41) is 4.19. The average molecular weight is 264 g/mol. The first-order valence-corrected chi connectivity index (χ1v) is 6.52. The molecule has 0 aliphatic carbocycles. The summed E-state index contributed by atoms with van der Waals surface area (Å²) in [6, 6.07) is 5.95. The molecule has 0 spiro atoms. The summed E-state index contributed by atoms with van der Waals surface area (Å²) in [5.41, 5.74) is 2.30. The molecule has 1 aromatic heterocycles. The van der Waals surface area contributed by atoms with Crippen LogP contribution >= 0.6 is 11.6 Å². The highest BCUT2D eigenvalue weighted by Crippen LogP contribution is 2.20. The van der Waals surface area contributed by atoms with Crippen molar-refractivity contribution in [2.75, 3.05) is 6.54 Å². The van der Waals surface area contributed by atoms with Crippen molar-refractivity contribution < 1.29 is 0 Å². The highest BCUT2D eigenvalue weighted by Gasteiger charge is 2.05. The number of aromatic nitrogens is 2. The fraction of sp³-hybridized carbons (Fsp3) is 0.357. The molecule has 4 heteroatoms. The van der Waals surface area contributed by atoms with Crippen molar-refractivity contribution in [2.24, 2.45) is 5.92 Å². The van der Waals surface area contributed by atoms with Crippen LogP contribution in [-0.2, 0) is 6.54 Å². The molecule has 18 heavy (non-hydrogen) atoms. The van der Waals surface area contributed by atoms with Gasteiger partial charge >= 0.3 is 0 Å². The van der Waals surface area contributed by atoms with Gasteiger partial charge in [0.15, 0.2) is 0 Å². The Morgan fingerprint density at radius 3 is 2.89 bits per heavy atom. The molecule has 0 aliphatic rings. The Labute approximate surface area is 113 Å². The number of hydrogen-bond acceptors (Lipinski definition) is 2. The van der Waals surface area contributed by atoms with Gasteiger partial charge in [-0.15, -0.1) is 0 Å². The average Bonchev–Trinajstić information content (AvgIpc) is 2.84. The SMILES string of the molecule is CC(C)CNCc1ccc(Cl)cc1-n1ccnc1. The van der Waals surface area contributed by atoms with Crippen molar-refractivity contribution in [3.8, 4) is 5.69 Å². The third-order valence-corrected chi connectivity index (χ3v) is 2.93. The van der Waals surface area contributed by atoms with Gasteiger partial charge in [0.05, 0.1) is 12.0 Å². The van der Waals surface area contributed by atoms with Crippen molar-refractivity contribution >= 4 is 11.6 Å². The summed E-state index contributed by atoms with van der Waals surface area (Å²) in [5.74, 6) is 0.647. The van der Waals surface area contributed by atoms with E-state index in [4.69, 9.17) is 11.6 Å². The molecular weight excluding hydrogens is 246 g/mol. The Kier molecular flexibility index (Phi) is 4.39. The van der Waals surface area contributed by atoms with E-state index in [2.05, 4.69) is 30.2 Å². The van der Waals surface area contributed by atoms with Crippen LogP contribution in [0.2, 0.25) is 5.02 Å². The zero-order valence-electron chi connectivity index (χ0n) is 10.7. The van der Waals surface area contributed by atoms with Gasteiger partial charge in [-0.2, -0.15) is 0 Å². The molecule has 0 unspecified atom stereocenters. The van der Waals surface area contributed by atoms with Gasteiger partial charge in [0.25, 0.3) is 0 Å². The zero-order chi connectivity index (χ0) is 13.0. The first kappa shape index (κ1) is 13.1. The summed E-state index contributed by atoms with van der Waals surface area (Å²) in [6.07, 6.45) is 5.49. The summed E-state index contributed by atoms with van der Waals surface area (Å²) in [4.78, 5) is 4.08. The first-order valence-electron chi connectivity index (χ1n) is 6.14. The van der Waals surface area contributed by atoms with Crippen molar-refractivity contribution in [1.82, 2.24) is 14.9 Å². The molecule has 0 amide bonds. The van der Waals surface area contributed by atoms with E-state index < -0.39 is 0 Å². The van der Waals surface area contributed by atoms with Gasteiger partial charge in [-0.1, -0.05) is 31.5 Å². The summed E-state index contributed by atoms with van der Waals surface area (Å²) < 4.78 is 1.98. The monoisotopic (exact) mass is 263 g/mol. The molecule has 1 N–H and O–H groups in total. The summed E-state index contributed by atoms with van der Waals surface area (Å²) >= 11 is 6.06.